The number of hydrogen-bond donors (Lipinski definition) is 2. The molecule has 0 saturated heterocycles. The molecule has 1 radical (unpaired) electrons. The van der Waals surface area contributed by atoms with Crippen LogP contribution in [0.1, 0.15) is 12.0 Å². The Morgan fingerprint density at radius 1 is 0.897 bits per heavy atom. The summed E-state index contributed by atoms with van der Waals surface area (Å²) >= 11 is 0. The average Bonchev–Trinajstić information content (AvgIpc) is 2.75. The van der Waals surface area contributed by atoms with Gasteiger partial charge in [-0.05, 0) is 35.9 Å². The van der Waals surface area contributed by atoms with Crippen LogP contribution in [0.4, 0.5) is 5.69 Å². The standard InChI is InChI=1S/C24H22NO4/c26-23-15-14-18-8-4-5-11-20(18)25(23)24(27)16-17-28-21-12-6-7-13-22(21)29-19-9-2-1-3-10-19/h1-13,24,26-27H,14,16-17H2. The quantitative estimate of drug-likeness (QED) is 0.607. The third-order valence-electron chi connectivity index (χ3n) is 4.67. The molecule has 147 valence electrons. The Morgan fingerprint density at radius 3 is 2.41 bits per heavy atom. The van der Waals surface area contributed by atoms with Crippen molar-refractivity contribution in [1.29, 1.82) is 0 Å². The predicted molar refractivity (Wildman–Crippen MR) is 111 cm³/mol. The minimum Gasteiger partial charge on any atom is -0.494 e. The van der Waals surface area contributed by atoms with Crippen LogP contribution >= 0.6 is 0 Å². The van der Waals surface area contributed by atoms with E-state index < -0.39 is 6.23 Å². The number of rotatable bonds is 7. The number of nitrogens with zero attached hydrogens (tertiary/aromatic N) is 1. The molecule has 3 aromatic rings. The zero-order chi connectivity index (χ0) is 20.1. The molecule has 0 spiro atoms. The van der Waals surface area contributed by atoms with Crippen molar-refractivity contribution in [2.75, 3.05) is 11.5 Å². The zero-order valence-electron chi connectivity index (χ0n) is 15.9. The number of benzene rings is 3. The van der Waals surface area contributed by atoms with Crippen LogP contribution in [0.25, 0.3) is 0 Å². The van der Waals surface area contributed by atoms with Gasteiger partial charge in [-0.2, -0.15) is 0 Å². The Labute approximate surface area is 170 Å². The van der Waals surface area contributed by atoms with Crippen LogP contribution in [-0.2, 0) is 6.42 Å². The lowest BCUT2D eigenvalue weighted by Crippen LogP contribution is -2.38. The van der Waals surface area contributed by atoms with Gasteiger partial charge in [-0.25, -0.2) is 0 Å². The van der Waals surface area contributed by atoms with Crippen LogP contribution in [0.2, 0.25) is 0 Å². The molecule has 1 aliphatic rings. The number of para-hydroxylation sites is 4. The van der Waals surface area contributed by atoms with Crippen LogP contribution in [0.15, 0.2) is 84.7 Å². The van der Waals surface area contributed by atoms with E-state index in [0.717, 1.165) is 17.0 Å². The van der Waals surface area contributed by atoms with E-state index in [1.54, 1.807) is 0 Å². The number of hydrogen-bond acceptors (Lipinski definition) is 5. The highest BCUT2D eigenvalue weighted by Gasteiger charge is 2.25. The molecule has 3 aromatic carbocycles. The number of ether oxygens (including phenoxy) is 2. The molecule has 5 nitrogen and oxygen atoms in total. The summed E-state index contributed by atoms with van der Waals surface area (Å²) in [6.45, 7) is 0.252. The number of fused-ring (bicyclic) bond motifs is 1. The van der Waals surface area contributed by atoms with Crippen molar-refractivity contribution in [3.8, 4) is 17.2 Å². The van der Waals surface area contributed by atoms with Crippen molar-refractivity contribution in [3.63, 3.8) is 0 Å². The van der Waals surface area contributed by atoms with Crippen molar-refractivity contribution in [1.82, 2.24) is 0 Å². The minimum atomic E-state index is -0.939. The number of aliphatic hydroxyl groups excluding tert-OH is 2. The summed E-state index contributed by atoms with van der Waals surface area (Å²) in [5.74, 6) is 1.85. The summed E-state index contributed by atoms with van der Waals surface area (Å²) in [6.07, 6.45) is 2.76. The largest absolute Gasteiger partial charge is 0.494 e. The monoisotopic (exact) mass is 388 g/mol. The summed E-state index contributed by atoms with van der Waals surface area (Å²) in [6, 6.07) is 24.5. The maximum Gasteiger partial charge on any atom is 0.197 e. The van der Waals surface area contributed by atoms with Gasteiger partial charge in [-0.15, -0.1) is 0 Å². The summed E-state index contributed by atoms with van der Waals surface area (Å²) in [5.41, 5.74) is 1.79. The third kappa shape index (κ3) is 4.36. The van der Waals surface area contributed by atoms with Crippen LogP contribution in [0.3, 0.4) is 0 Å². The van der Waals surface area contributed by atoms with Crippen LogP contribution < -0.4 is 14.4 Å². The second kappa shape index (κ2) is 8.71. The fourth-order valence-electron chi connectivity index (χ4n) is 3.24. The van der Waals surface area contributed by atoms with Crippen LogP contribution in [-0.4, -0.2) is 23.0 Å². The van der Waals surface area contributed by atoms with Crippen LogP contribution in [0, 0.1) is 6.08 Å². The van der Waals surface area contributed by atoms with E-state index in [9.17, 15) is 10.2 Å². The topological polar surface area (TPSA) is 62.2 Å². The predicted octanol–water partition coefficient (Wildman–Crippen LogP) is 4.83. The highest BCUT2D eigenvalue weighted by Crippen LogP contribution is 2.32. The van der Waals surface area contributed by atoms with Crippen molar-refractivity contribution in [2.45, 2.75) is 19.1 Å². The molecule has 29 heavy (non-hydrogen) atoms. The number of aliphatic hydroxyl groups is 2. The third-order valence-corrected chi connectivity index (χ3v) is 4.67. The lowest BCUT2D eigenvalue weighted by atomic mass is 10.0. The van der Waals surface area contributed by atoms with Crippen LogP contribution in [0.5, 0.6) is 17.2 Å². The number of anilines is 1. The number of allylic oxidation sites excluding steroid dienone is 1. The first-order valence-electron chi connectivity index (χ1n) is 9.52. The van der Waals surface area contributed by atoms with Crippen molar-refractivity contribution in [2.24, 2.45) is 0 Å². The Hall–Kier alpha value is -3.44. The van der Waals surface area contributed by atoms with Gasteiger partial charge in [0.25, 0.3) is 0 Å². The highest BCUT2D eigenvalue weighted by atomic mass is 16.5. The smallest absolute Gasteiger partial charge is 0.197 e. The lowest BCUT2D eigenvalue weighted by molar-refractivity contribution is 0.127. The van der Waals surface area contributed by atoms with Crippen molar-refractivity contribution in [3.05, 3.63) is 96.4 Å². The van der Waals surface area contributed by atoms with Gasteiger partial charge in [-0.3, -0.25) is 4.90 Å². The molecule has 2 N–H and O–H groups in total. The Kier molecular flexibility index (Phi) is 5.68. The molecule has 1 heterocycles. The zero-order valence-corrected chi connectivity index (χ0v) is 15.9. The van der Waals surface area contributed by atoms with Gasteiger partial charge in [-0.1, -0.05) is 48.5 Å². The normalized spacial score (nSPS) is 14.0. The second-order valence-electron chi connectivity index (χ2n) is 6.66. The van der Waals surface area contributed by atoms with E-state index in [4.69, 9.17) is 9.47 Å². The molecule has 1 atom stereocenters. The highest BCUT2D eigenvalue weighted by molar-refractivity contribution is 5.59. The summed E-state index contributed by atoms with van der Waals surface area (Å²) in [4.78, 5) is 1.48. The lowest BCUT2D eigenvalue weighted by Gasteiger charge is -2.32. The van der Waals surface area contributed by atoms with Crippen molar-refractivity contribution < 1.29 is 19.7 Å². The van der Waals surface area contributed by atoms with Gasteiger partial charge in [0.2, 0.25) is 0 Å². The molecular weight excluding hydrogens is 366 g/mol. The maximum absolute atomic E-state index is 10.7. The van der Waals surface area contributed by atoms with E-state index in [1.165, 1.54) is 4.90 Å². The Balaban J connectivity index is 1.41. The van der Waals surface area contributed by atoms with Gasteiger partial charge >= 0.3 is 0 Å². The summed E-state index contributed by atoms with van der Waals surface area (Å²) in [5, 5.41) is 20.9. The molecule has 0 amide bonds. The van der Waals surface area contributed by atoms with Gasteiger partial charge in [0, 0.05) is 24.6 Å². The molecule has 1 aliphatic heterocycles. The van der Waals surface area contributed by atoms with E-state index >= 15 is 0 Å². The fourth-order valence-corrected chi connectivity index (χ4v) is 3.24. The molecular formula is C24H22NO4. The van der Waals surface area contributed by atoms with Gasteiger partial charge in [0.05, 0.1) is 6.61 Å². The molecule has 0 bridgehead atoms. The first-order chi connectivity index (χ1) is 14.2. The van der Waals surface area contributed by atoms with E-state index in [2.05, 4.69) is 6.08 Å². The SMILES string of the molecule is OC1=[C]Cc2ccccc2N1C(O)CCOc1ccccc1Oc1ccccc1. The Bertz CT molecular complexity index is 987. The fraction of sp³-hybridized carbons (Fsp3) is 0.167. The summed E-state index contributed by atoms with van der Waals surface area (Å²) < 4.78 is 11.8. The molecule has 0 aliphatic carbocycles. The molecule has 0 aromatic heterocycles. The average molecular weight is 388 g/mol. The van der Waals surface area contributed by atoms with E-state index in [-0.39, 0.29) is 12.5 Å². The molecule has 1 unspecified atom stereocenters. The molecule has 5 heteroatoms. The van der Waals surface area contributed by atoms with E-state index in [0.29, 0.717) is 24.3 Å². The first-order valence-corrected chi connectivity index (χ1v) is 9.52. The van der Waals surface area contributed by atoms with Gasteiger partial charge in [0.15, 0.2) is 17.4 Å². The minimum absolute atomic E-state index is 0.0657. The summed E-state index contributed by atoms with van der Waals surface area (Å²) in [7, 11) is 0. The van der Waals surface area contributed by atoms with Gasteiger partial charge in [0.1, 0.15) is 12.0 Å². The second-order valence-corrected chi connectivity index (χ2v) is 6.66. The van der Waals surface area contributed by atoms with E-state index in [1.807, 2.05) is 78.9 Å². The molecule has 4 rings (SSSR count). The molecule has 0 saturated carbocycles. The Morgan fingerprint density at radius 2 is 1.59 bits per heavy atom. The maximum atomic E-state index is 10.7. The van der Waals surface area contributed by atoms with Crippen molar-refractivity contribution >= 4 is 5.69 Å². The van der Waals surface area contributed by atoms with Gasteiger partial charge < -0.3 is 19.7 Å². The first kappa shape index (κ1) is 18.9. The molecule has 0 fully saturated rings.